The maximum absolute atomic E-state index is 13.7. The summed E-state index contributed by atoms with van der Waals surface area (Å²) in [5, 5.41) is 9.70. The minimum atomic E-state index is -0.468. The standard InChI is InChI=1S/C15H16FNO3/c1-9-11-3-2-4-12(16)14(11)20-13(9)15(19)17(7-8-18)10-5-6-10/h2-4,10,18H,5-8H2,1H3. The number of amides is 1. The van der Waals surface area contributed by atoms with Crippen molar-refractivity contribution in [3.05, 3.63) is 35.3 Å². The Morgan fingerprint density at radius 3 is 2.85 bits per heavy atom. The molecule has 1 aromatic heterocycles. The van der Waals surface area contributed by atoms with Gasteiger partial charge in [-0.05, 0) is 25.8 Å². The van der Waals surface area contributed by atoms with Crippen LogP contribution in [0.5, 0.6) is 0 Å². The monoisotopic (exact) mass is 277 g/mol. The Morgan fingerprint density at radius 1 is 1.50 bits per heavy atom. The van der Waals surface area contributed by atoms with Crippen LogP contribution in [0.4, 0.5) is 4.39 Å². The summed E-state index contributed by atoms with van der Waals surface area (Å²) in [7, 11) is 0. The molecule has 5 heteroatoms. The number of furan rings is 1. The van der Waals surface area contributed by atoms with Crippen LogP contribution in [0.2, 0.25) is 0 Å². The fraction of sp³-hybridized carbons (Fsp3) is 0.400. The van der Waals surface area contributed by atoms with Crippen molar-refractivity contribution < 1.29 is 18.7 Å². The minimum absolute atomic E-state index is 0.0874. The topological polar surface area (TPSA) is 53.7 Å². The number of halogens is 1. The number of nitrogens with zero attached hydrogens (tertiary/aromatic N) is 1. The van der Waals surface area contributed by atoms with Gasteiger partial charge in [0, 0.05) is 23.5 Å². The van der Waals surface area contributed by atoms with E-state index >= 15 is 0 Å². The van der Waals surface area contributed by atoms with Gasteiger partial charge in [0.15, 0.2) is 17.2 Å². The zero-order chi connectivity index (χ0) is 14.3. The molecular weight excluding hydrogens is 261 g/mol. The number of hydrogen-bond acceptors (Lipinski definition) is 3. The highest BCUT2D eigenvalue weighted by molar-refractivity contribution is 5.99. The lowest BCUT2D eigenvalue weighted by Crippen LogP contribution is -2.35. The molecule has 1 fully saturated rings. The number of aliphatic hydroxyl groups is 1. The molecule has 1 aliphatic rings. The Hall–Kier alpha value is -1.88. The highest BCUT2D eigenvalue weighted by Crippen LogP contribution is 2.32. The van der Waals surface area contributed by atoms with Crippen LogP contribution in [0.25, 0.3) is 11.0 Å². The highest BCUT2D eigenvalue weighted by Gasteiger charge is 2.35. The van der Waals surface area contributed by atoms with Gasteiger partial charge in [-0.2, -0.15) is 0 Å². The first-order valence-corrected chi connectivity index (χ1v) is 6.73. The zero-order valence-electron chi connectivity index (χ0n) is 11.2. The molecule has 0 bridgehead atoms. The predicted molar refractivity (Wildman–Crippen MR) is 72.1 cm³/mol. The maximum atomic E-state index is 13.7. The molecule has 20 heavy (non-hydrogen) atoms. The van der Waals surface area contributed by atoms with E-state index in [-0.39, 0.29) is 36.4 Å². The molecule has 1 saturated carbocycles. The molecule has 1 N–H and O–H groups in total. The van der Waals surface area contributed by atoms with Gasteiger partial charge in [0.25, 0.3) is 5.91 Å². The summed E-state index contributed by atoms with van der Waals surface area (Å²) in [6.07, 6.45) is 1.89. The van der Waals surface area contributed by atoms with Crippen molar-refractivity contribution in [3.63, 3.8) is 0 Å². The van der Waals surface area contributed by atoms with Crippen molar-refractivity contribution in [2.24, 2.45) is 0 Å². The number of carbonyl (C=O) groups is 1. The van der Waals surface area contributed by atoms with E-state index in [4.69, 9.17) is 9.52 Å². The number of carbonyl (C=O) groups excluding carboxylic acids is 1. The zero-order valence-corrected chi connectivity index (χ0v) is 11.2. The van der Waals surface area contributed by atoms with Crippen molar-refractivity contribution in [2.75, 3.05) is 13.2 Å². The Bertz CT molecular complexity index is 660. The first kappa shape index (κ1) is 13.1. The van der Waals surface area contributed by atoms with Gasteiger partial charge in [-0.25, -0.2) is 4.39 Å². The Kier molecular flexibility index (Phi) is 3.22. The highest BCUT2D eigenvalue weighted by atomic mass is 19.1. The van der Waals surface area contributed by atoms with Gasteiger partial charge in [0.1, 0.15) is 0 Å². The van der Waals surface area contributed by atoms with Gasteiger partial charge >= 0.3 is 0 Å². The number of para-hydroxylation sites is 1. The van der Waals surface area contributed by atoms with Crippen LogP contribution in [0.1, 0.15) is 29.0 Å². The second-order valence-corrected chi connectivity index (χ2v) is 5.13. The van der Waals surface area contributed by atoms with Crippen LogP contribution < -0.4 is 0 Å². The van der Waals surface area contributed by atoms with E-state index in [1.165, 1.54) is 6.07 Å². The number of fused-ring (bicyclic) bond motifs is 1. The molecule has 0 radical (unpaired) electrons. The smallest absolute Gasteiger partial charge is 0.290 e. The molecule has 1 aliphatic carbocycles. The van der Waals surface area contributed by atoms with E-state index in [0.717, 1.165) is 12.8 Å². The van der Waals surface area contributed by atoms with Crippen LogP contribution in [-0.2, 0) is 0 Å². The van der Waals surface area contributed by atoms with Crippen molar-refractivity contribution in [1.82, 2.24) is 4.90 Å². The number of benzene rings is 1. The molecule has 1 amide bonds. The summed E-state index contributed by atoms with van der Waals surface area (Å²) in [6.45, 7) is 1.95. The fourth-order valence-electron chi connectivity index (χ4n) is 2.49. The summed E-state index contributed by atoms with van der Waals surface area (Å²) < 4.78 is 19.2. The van der Waals surface area contributed by atoms with Gasteiger partial charge in [0.2, 0.25) is 0 Å². The summed E-state index contributed by atoms with van der Waals surface area (Å²) in [5.74, 6) is -0.565. The van der Waals surface area contributed by atoms with Crippen LogP contribution >= 0.6 is 0 Å². The molecule has 1 heterocycles. The summed E-state index contributed by atoms with van der Waals surface area (Å²) in [4.78, 5) is 14.1. The molecule has 0 spiro atoms. The molecule has 106 valence electrons. The van der Waals surface area contributed by atoms with Crippen LogP contribution in [0, 0.1) is 12.7 Å². The first-order valence-electron chi connectivity index (χ1n) is 6.73. The molecule has 0 atom stereocenters. The Labute approximate surface area is 115 Å². The molecule has 3 rings (SSSR count). The fourth-order valence-corrected chi connectivity index (χ4v) is 2.49. The number of aryl methyl sites for hydroxylation is 1. The lowest BCUT2D eigenvalue weighted by atomic mass is 10.1. The third-order valence-electron chi connectivity index (χ3n) is 3.70. The van der Waals surface area contributed by atoms with Gasteiger partial charge in [-0.15, -0.1) is 0 Å². The van der Waals surface area contributed by atoms with Gasteiger partial charge in [-0.3, -0.25) is 4.79 Å². The number of hydrogen-bond donors (Lipinski definition) is 1. The van der Waals surface area contributed by atoms with E-state index in [9.17, 15) is 9.18 Å². The van der Waals surface area contributed by atoms with E-state index in [2.05, 4.69) is 0 Å². The van der Waals surface area contributed by atoms with Crippen molar-refractivity contribution >= 4 is 16.9 Å². The van der Waals surface area contributed by atoms with Crippen molar-refractivity contribution in [3.8, 4) is 0 Å². The molecule has 0 aliphatic heterocycles. The van der Waals surface area contributed by atoms with Crippen molar-refractivity contribution in [2.45, 2.75) is 25.8 Å². The molecule has 2 aromatic rings. The summed E-state index contributed by atoms with van der Waals surface area (Å²) >= 11 is 0. The minimum Gasteiger partial charge on any atom is -0.448 e. The van der Waals surface area contributed by atoms with Crippen LogP contribution in [-0.4, -0.2) is 35.1 Å². The largest absolute Gasteiger partial charge is 0.448 e. The van der Waals surface area contributed by atoms with Crippen LogP contribution in [0.15, 0.2) is 22.6 Å². The second kappa shape index (κ2) is 4.90. The van der Waals surface area contributed by atoms with Gasteiger partial charge in [-0.1, -0.05) is 12.1 Å². The average molecular weight is 277 g/mol. The molecular formula is C15H16FNO3. The summed E-state index contributed by atoms with van der Waals surface area (Å²) in [6, 6.07) is 4.82. The SMILES string of the molecule is Cc1c(C(=O)N(CCO)C2CC2)oc2c(F)cccc12. The number of rotatable bonds is 4. The predicted octanol–water partition coefficient (Wildman–Crippen LogP) is 2.48. The molecule has 0 saturated heterocycles. The molecule has 1 aromatic carbocycles. The molecule has 0 unspecified atom stereocenters. The van der Waals surface area contributed by atoms with E-state index in [0.29, 0.717) is 10.9 Å². The van der Waals surface area contributed by atoms with Crippen molar-refractivity contribution in [1.29, 1.82) is 0 Å². The third-order valence-corrected chi connectivity index (χ3v) is 3.70. The lowest BCUT2D eigenvalue weighted by molar-refractivity contribution is 0.0677. The van der Waals surface area contributed by atoms with Gasteiger partial charge in [0.05, 0.1) is 6.61 Å². The van der Waals surface area contributed by atoms with Gasteiger partial charge < -0.3 is 14.4 Å². The van der Waals surface area contributed by atoms with E-state index in [1.807, 2.05) is 0 Å². The Morgan fingerprint density at radius 2 is 2.25 bits per heavy atom. The summed E-state index contributed by atoms with van der Waals surface area (Å²) in [5.41, 5.74) is 0.765. The van der Waals surface area contributed by atoms with E-state index < -0.39 is 5.82 Å². The second-order valence-electron chi connectivity index (χ2n) is 5.13. The molecule has 4 nitrogen and oxygen atoms in total. The first-order chi connectivity index (χ1) is 9.63. The quantitative estimate of drug-likeness (QED) is 0.934. The Balaban J connectivity index is 2.02. The third kappa shape index (κ3) is 2.08. The average Bonchev–Trinajstić information content (AvgIpc) is 3.21. The van der Waals surface area contributed by atoms with Crippen LogP contribution in [0.3, 0.4) is 0 Å². The van der Waals surface area contributed by atoms with E-state index in [1.54, 1.807) is 24.0 Å². The maximum Gasteiger partial charge on any atom is 0.290 e. The lowest BCUT2D eigenvalue weighted by Gasteiger charge is -2.20. The number of aliphatic hydroxyl groups excluding tert-OH is 1. The normalized spacial score (nSPS) is 14.8.